The second-order valence-electron chi connectivity index (χ2n) is 4.64. The molecule has 0 atom stereocenters. The first kappa shape index (κ1) is 12.3. The van der Waals surface area contributed by atoms with Crippen LogP contribution in [0.2, 0.25) is 5.15 Å². The van der Waals surface area contributed by atoms with Gasteiger partial charge < -0.3 is 4.90 Å². The molecule has 0 aliphatic heterocycles. The van der Waals surface area contributed by atoms with Crippen LogP contribution in [0, 0.1) is 0 Å². The van der Waals surface area contributed by atoms with Crippen molar-refractivity contribution in [3.8, 4) is 0 Å². The van der Waals surface area contributed by atoms with Crippen LogP contribution in [0.25, 0.3) is 0 Å². The van der Waals surface area contributed by atoms with Crippen molar-refractivity contribution in [2.45, 2.75) is 31.6 Å². The van der Waals surface area contributed by atoms with Crippen molar-refractivity contribution in [1.29, 1.82) is 0 Å². The van der Waals surface area contributed by atoms with Crippen molar-refractivity contribution in [2.24, 2.45) is 4.99 Å². The zero-order chi connectivity index (χ0) is 12.3. The maximum Gasteiger partial charge on any atom is 0.176 e. The minimum absolute atomic E-state index is 0.528. The van der Waals surface area contributed by atoms with Gasteiger partial charge in [0.25, 0.3) is 0 Å². The van der Waals surface area contributed by atoms with Crippen molar-refractivity contribution in [3.05, 3.63) is 16.8 Å². The highest BCUT2D eigenvalue weighted by molar-refractivity contribution is 6.30. The molecule has 1 heterocycles. The van der Waals surface area contributed by atoms with Gasteiger partial charge in [-0.15, -0.1) is 10.2 Å². The Labute approximate surface area is 107 Å². The van der Waals surface area contributed by atoms with Crippen molar-refractivity contribution in [2.75, 3.05) is 14.1 Å². The summed E-state index contributed by atoms with van der Waals surface area (Å²) in [6.45, 7) is 0. The molecule has 92 valence electrons. The Balaban J connectivity index is 2.22. The highest BCUT2D eigenvalue weighted by Gasteiger charge is 2.20. The summed E-state index contributed by atoms with van der Waals surface area (Å²) < 4.78 is 0. The number of aromatic nitrogens is 2. The fraction of sp³-hybridized carbons (Fsp3) is 0.583. The molecule has 5 heteroatoms. The predicted octanol–water partition coefficient (Wildman–Crippen LogP) is 3.01. The number of nitrogens with zero attached hydrogens (tertiary/aromatic N) is 4. The van der Waals surface area contributed by atoms with Crippen LogP contribution in [-0.4, -0.2) is 35.5 Å². The van der Waals surface area contributed by atoms with Crippen LogP contribution < -0.4 is 0 Å². The largest absolute Gasteiger partial charge is 0.369 e. The average molecular weight is 253 g/mol. The van der Waals surface area contributed by atoms with Gasteiger partial charge in [0.2, 0.25) is 0 Å². The molecule has 0 amide bonds. The van der Waals surface area contributed by atoms with Gasteiger partial charge >= 0.3 is 0 Å². The van der Waals surface area contributed by atoms with Crippen molar-refractivity contribution in [3.63, 3.8) is 0 Å². The monoisotopic (exact) mass is 252 g/mol. The van der Waals surface area contributed by atoms with Crippen LogP contribution >= 0.6 is 11.6 Å². The molecule has 2 rings (SSSR count). The Morgan fingerprint density at radius 1 is 1.35 bits per heavy atom. The van der Waals surface area contributed by atoms with E-state index in [9.17, 15) is 0 Å². The molecule has 0 bridgehead atoms. The average Bonchev–Trinajstić information content (AvgIpc) is 2.81. The van der Waals surface area contributed by atoms with Gasteiger partial charge in [0.1, 0.15) is 0 Å². The van der Waals surface area contributed by atoms with Gasteiger partial charge in [0.15, 0.2) is 11.0 Å². The topological polar surface area (TPSA) is 41.4 Å². The van der Waals surface area contributed by atoms with Crippen LogP contribution in [0.3, 0.4) is 0 Å². The quantitative estimate of drug-likeness (QED) is 0.613. The van der Waals surface area contributed by atoms with E-state index in [1.165, 1.54) is 25.7 Å². The van der Waals surface area contributed by atoms with Crippen molar-refractivity contribution < 1.29 is 0 Å². The molecule has 17 heavy (non-hydrogen) atoms. The molecular weight excluding hydrogens is 236 g/mol. The molecule has 0 radical (unpaired) electrons. The lowest BCUT2D eigenvalue weighted by Gasteiger charge is -2.10. The van der Waals surface area contributed by atoms with Gasteiger partial charge in [-0.25, -0.2) is 4.99 Å². The Hall–Kier alpha value is -1.16. The number of hydrogen-bond acceptors (Lipinski definition) is 3. The van der Waals surface area contributed by atoms with Gasteiger partial charge in [-0.2, -0.15) is 0 Å². The molecule has 1 aromatic rings. The highest BCUT2D eigenvalue weighted by atomic mass is 35.5. The molecule has 4 nitrogen and oxygen atoms in total. The van der Waals surface area contributed by atoms with E-state index in [-0.39, 0.29) is 0 Å². The van der Waals surface area contributed by atoms with Crippen molar-refractivity contribution in [1.82, 2.24) is 15.1 Å². The molecule has 0 aromatic carbocycles. The summed E-state index contributed by atoms with van der Waals surface area (Å²) >= 11 is 6.10. The molecule has 0 spiro atoms. The molecule has 0 unspecified atom stereocenters. The fourth-order valence-electron chi connectivity index (χ4n) is 2.14. The zero-order valence-electron chi connectivity index (χ0n) is 10.2. The van der Waals surface area contributed by atoms with E-state index in [0.29, 0.717) is 16.9 Å². The van der Waals surface area contributed by atoms with Gasteiger partial charge in [0, 0.05) is 14.1 Å². The third-order valence-electron chi connectivity index (χ3n) is 2.98. The van der Waals surface area contributed by atoms with Gasteiger partial charge in [-0.1, -0.05) is 24.4 Å². The molecule has 1 fully saturated rings. The highest BCUT2D eigenvalue weighted by Crippen LogP contribution is 2.37. The van der Waals surface area contributed by atoms with Crippen LogP contribution in [0.1, 0.15) is 37.2 Å². The van der Waals surface area contributed by atoms with E-state index in [2.05, 4.69) is 15.2 Å². The van der Waals surface area contributed by atoms with E-state index in [1.54, 1.807) is 6.34 Å². The Bertz CT molecular complexity index is 411. The lowest BCUT2D eigenvalue weighted by Crippen LogP contribution is -2.07. The Morgan fingerprint density at radius 2 is 2.06 bits per heavy atom. The zero-order valence-corrected chi connectivity index (χ0v) is 11.0. The smallest absolute Gasteiger partial charge is 0.176 e. The first-order valence-electron chi connectivity index (χ1n) is 5.90. The van der Waals surface area contributed by atoms with Crippen LogP contribution in [-0.2, 0) is 0 Å². The van der Waals surface area contributed by atoms with Crippen LogP contribution in [0.4, 0.5) is 5.82 Å². The van der Waals surface area contributed by atoms with Gasteiger partial charge in [0.05, 0.1) is 6.34 Å². The van der Waals surface area contributed by atoms with E-state index in [1.807, 2.05) is 25.1 Å². The number of rotatable bonds is 3. The molecule has 1 saturated carbocycles. The van der Waals surface area contributed by atoms with Crippen molar-refractivity contribution >= 4 is 23.8 Å². The summed E-state index contributed by atoms with van der Waals surface area (Å²) in [7, 11) is 3.84. The normalized spacial score (nSPS) is 16.9. The number of hydrogen-bond donors (Lipinski definition) is 0. The lowest BCUT2D eigenvalue weighted by molar-refractivity contribution is 0.642. The molecule has 1 aliphatic carbocycles. The maximum absolute atomic E-state index is 6.10. The Morgan fingerprint density at radius 3 is 2.71 bits per heavy atom. The first-order chi connectivity index (χ1) is 8.16. The third kappa shape index (κ3) is 3.16. The lowest BCUT2D eigenvalue weighted by atomic mass is 10.00. The summed E-state index contributed by atoms with van der Waals surface area (Å²) in [4.78, 5) is 6.11. The summed E-state index contributed by atoms with van der Waals surface area (Å²) in [5, 5.41) is 8.49. The molecule has 1 aromatic heterocycles. The van der Waals surface area contributed by atoms with Gasteiger partial charge in [-0.05, 0) is 30.4 Å². The second-order valence-corrected chi connectivity index (χ2v) is 5.00. The fourth-order valence-corrected chi connectivity index (χ4v) is 2.39. The Kier molecular flexibility index (Phi) is 3.94. The molecular formula is C12H17ClN4. The van der Waals surface area contributed by atoms with E-state index in [0.717, 1.165) is 5.56 Å². The maximum atomic E-state index is 6.10. The van der Waals surface area contributed by atoms with Gasteiger partial charge in [-0.3, -0.25) is 0 Å². The van der Waals surface area contributed by atoms with Crippen LogP contribution in [0.5, 0.6) is 0 Å². The summed E-state index contributed by atoms with van der Waals surface area (Å²) in [6.07, 6.45) is 6.67. The number of aliphatic imine (C=N–C) groups is 1. The van der Waals surface area contributed by atoms with E-state index >= 15 is 0 Å². The summed E-state index contributed by atoms with van der Waals surface area (Å²) in [5.74, 6) is 1.16. The number of halogens is 1. The minimum Gasteiger partial charge on any atom is -0.369 e. The minimum atomic E-state index is 0.528. The molecule has 0 saturated heterocycles. The SMILES string of the molecule is CN(C)/C=N\c1cc(C2CCCC2)c(Cl)nn1. The van der Waals surface area contributed by atoms with Crippen LogP contribution in [0.15, 0.2) is 11.1 Å². The summed E-state index contributed by atoms with van der Waals surface area (Å²) in [6, 6.07) is 1.96. The standard InChI is InChI=1S/C12H17ClN4/c1-17(2)8-14-11-7-10(12(13)16-15-11)9-5-3-4-6-9/h7-9H,3-6H2,1-2H3/b14-8-. The third-order valence-corrected chi connectivity index (χ3v) is 3.27. The predicted molar refractivity (Wildman–Crippen MR) is 70.1 cm³/mol. The second kappa shape index (κ2) is 5.45. The first-order valence-corrected chi connectivity index (χ1v) is 6.28. The summed E-state index contributed by atoms with van der Waals surface area (Å²) in [5.41, 5.74) is 1.10. The van der Waals surface area contributed by atoms with E-state index in [4.69, 9.17) is 11.6 Å². The van der Waals surface area contributed by atoms with E-state index < -0.39 is 0 Å². The molecule has 1 aliphatic rings. The molecule has 0 N–H and O–H groups in total.